The molecule has 5 heteroatoms. The number of fused-ring (bicyclic) bond motifs is 1. The van der Waals surface area contributed by atoms with Gasteiger partial charge in [0.15, 0.2) is 0 Å². The average molecular weight is 182 g/mol. The van der Waals surface area contributed by atoms with Gasteiger partial charge in [-0.05, 0) is 6.92 Å². The molecule has 0 amide bonds. The fourth-order valence-electron chi connectivity index (χ4n) is 1.49. The maximum atomic E-state index is 10.7. The van der Waals surface area contributed by atoms with Crippen molar-refractivity contribution in [1.29, 1.82) is 0 Å². The lowest BCUT2D eigenvalue weighted by Crippen LogP contribution is -2.41. The van der Waals surface area contributed by atoms with Crippen LogP contribution in [0.4, 0.5) is 0 Å². The van der Waals surface area contributed by atoms with Crippen LogP contribution in [0.3, 0.4) is 0 Å². The zero-order chi connectivity index (χ0) is 9.42. The molecule has 2 rings (SSSR count). The van der Waals surface area contributed by atoms with Gasteiger partial charge in [0.25, 0.3) is 0 Å². The fraction of sp³-hybridized carbons (Fsp3) is 0.500. The topological polar surface area (TPSA) is 75.4 Å². The van der Waals surface area contributed by atoms with Gasteiger partial charge < -0.3 is 9.63 Å². The maximum Gasteiger partial charge on any atom is 0.321 e. The molecule has 13 heavy (non-hydrogen) atoms. The number of nitrogens with one attached hydrogen (secondary N) is 1. The summed E-state index contributed by atoms with van der Waals surface area (Å²) in [6, 6.07) is -0.531. The highest BCUT2D eigenvalue weighted by atomic mass is 16.5. The number of carboxylic acid groups (broad SMARTS) is 1. The largest absolute Gasteiger partial charge is 0.480 e. The van der Waals surface area contributed by atoms with Crippen LogP contribution in [0.15, 0.2) is 4.52 Å². The number of aryl methyl sites for hydroxylation is 1. The van der Waals surface area contributed by atoms with Gasteiger partial charge >= 0.3 is 5.97 Å². The summed E-state index contributed by atoms with van der Waals surface area (Å²) >= 11 is 0. The first-order chi connectivity index (χ1) is 6.18. The van der Waals surface area contributed by atoms with Crippen molar-refractivity contribution in [3.05, 3.63) is 17.0 Å². The fourth-order valence-corrected chi connectivity index (χ4v) is 1.49. The Balaban J connectivity index is 2.25. The molecule has 0 aromatic carbocycles. The minimum Gasteiger partial charge on any atom is -0.480 e. The van der Waals surface area contributed by atoms with Crippen LogP contribution in [0.2, 0.25) is 0 Å². The molecule has 5 nitrogen and oxygen atoms in total. The van der Waals surface area contributed by atoms with Crippen LogP contribution in [-0.4, -0.2) is 22.3 Å². The lowest BCUT2D eigenvalue weighted by Gasteiger charge is -2.18. The summed E-state index contributed by atoms with van der Waals surface area (Å²) in [5.74, 6) is -0.0716. The van der Waals surface area contributed by atoms with Crippen molar-refractivity contribution in [2.24, 2.45) is 0 Å². The van der Waals surface area contributed by atoms with Gasteiger partial charge in [-0.25, -0.2) is 0 Å². The van der Waals surface area contributed by atoms with E-state index in [2.05, 4.69) is 10.5 Å². The van der Waals surface area contributed by atoms with E-state index >= 15 is 0 Å². The minimum atomic E-state index is -0.841. The number of hydrogen-bond acceptors (Lipinski definition) is 4. The van der Waals surface area contributed by atoms with Gasteiger partial charge in [0.1, 0.15) is 11.8 Å². The van der Waals surface area contributed by atoms with Crippen LogP contribution in [0.1, 0.15) is 17.0 Å². The average Bonchev–Trinajstić information content (AvgIpc) is 2.47. The predicted octanol–water partition coefficient (Wildman–Crippen LogP) is 0.0819. The number of carbonyl (C=O) groups is 1. The molecule has 2 heterocycles. The first-order valence-corrected chi connectivity index (χ1v) is 4.08. The van der Waals surface area contributed by atoms with E-state index in [1.54, 1.807) is 0 Å². The Labute approximate surface area is 74.7 Å². The Morgan fingerprint density at radius 2 is 2.54 bits per heavy atom. The second-order valence-electron chi connectivity index (χ2n) is 3.14. The van der Waals surface area contributed by atoms with Crippen LogP contribution in [0.25, 0.3) is 0 Å². The van der Waals surface area contributed by atoms with E-state index < -0.39 is 12.0 Å². The first kappa shape index (κ1) is 8.25. The molecule has 2 N–H and O–H groups in total. The van der Waals surface area contributed by atoms with Gasteiger partial charge in [0.05, 0.1) is 5.69 Å². The Hall–Kier alpha value is -1.36. The zero-order valence-electron chi connectivity index (χ0n) is 7.20. The van der Waals surface area contributed by atoms with Crippen molar-refractivity contribution in [2.45, 2.75) is 25.9 Å². The quantitative estimate of drug-likeness (QED) is 0.643. The lowest BCUT2D eigenvalue weighted by molar-refractivity contribution is -0.139. The molecule has 1 aliphatic rings. The molecule has 0 fully saturated rings. The lowest BCUT2D eigenvalue weighted by atomic mass is 10.0. The molecular formula is C8H10N2O3. The van der Waals surface area contributed by atoms with E-state index in [4.69, 9.17) is 9.63 Å². The second kappa shape index (κ2) is 2.85. The second-order valence-corrected chi connectivity index (χ2v) is 3.14. The summed E-state index contributed by atoms with van der Waals surface area (Å²) < 4.78 is 4.96. The van der Waals surface area contributed by atoms with E-state index in [9.17, 15) is 4.79 Å². The molecule has 0 saturated carbocycles. The summed E-state index contributed by atoms with van der Waals surface area (Å²) in [5, 5.41) is 15.5. The summed E-state index contributed by atoms with van der Waals surface area (Å²) in [7, 11) is 0. The third-order valence-electron chi connectivity index (χ3n) is 2.29. The molecule has 1 unspecified atom stereocenters. The molecule has 0 bridgehead atoms. The Kier molecular flexibility index (Phi) is 1.81. The van der Waals surface area contributed by atoms with Gasteiger partial charge in [-0.3, -0.25) is 10.1 Å². The zero-order valence-corrected chi connectivity index (χ0v) is 7.20. The van der Waals surface area contributed by atoms with E-state index in [0.29, 0.717) is 13.0 Å². The molecule has 1 aromatic heterocycles. The Morgan fingerprint density at radius 3 is 3.23 bits per heavy atom. The molecule has 0 spiro atoms. The smallest absolute Gasteiger partial charge is 0.321 e. The maximum absolute atomic E-state index is 10.7. The van der Waals surface area contributed by atoms with E-state index in [-0.39, 0.29) is 0 Å². The molecule has 0 saturated heterocycles. The number of hydrogen-bond donors (Lipinski definition) is 2. The van der Waals surface area contributed by atoms with Crippen molar-refractivity contribution in [3.63, 3.8) is 0 Å². The highest BCUT2D eigenvalue weighted by Gasteiger charge is 2.27. The van der Waals surface area contributed by atoms with Crippen LogP contribution in [-0.2, 0) is 17.8 Å². The molecule has 1 atom stereocenters. The molecule has 70 valence electrons. The summed E-state index contributed by atoms with van der Waals surface area (Å²) in [5.41, 5.74) is 1.76. The summed E-state index contributed by atoms with van der Waals surface area (Å²) in [4.78, 5) is 10.7. The predicted molar refractivity (Wildman–Crippen MR) is 43.2 cm³/mol. The van der Waals surface area contributed by atoms with Crippen molar-refractivity contribution >= 4 is 5.97 Å². The standard InChI is InChI=1S/C8H10N2O3/c1-4-5-3-9-7(8(11)12)2-6(5)10-13-4/h7,9H,2-3H2,1H3,(H,11,12). The van der Waals surface area contributed by atoms with Crippen molar-refractivity contribution in [3.8, 4) is 0 Å². The van der Waals surface area contributed by atoms with Crippen molar-refractivity contribution in [1.82, 2.24) is 10.5 Å². The molecule has 1 aromatic rings. The monoisotopic (exact) mass is 182 g/mol. The number of carboxylic acids is 1. The Bertz CT molecular complexity index is 345. The number of aromatic nitrogens is 1. The van der Waals surface area contributed by atoms with Crippen LogP contribution < -0.4 is 5.32 Å². The van der Waals surface area contributed by atoms with Crippen molar-refractivity contribution in [2.75, 3.05) is 0 Å². The number of aliphatic carboxylic acids is 1. The van der Waals surface area contributed by atoms with E-state index in [0.717, 1.165) is 17.0 Å². The van der Waals surface area contributed by atoms with Gasteiger partial charge in [-0.2, -0.15) is 0 Å². The molecule has 1 aliphatic heterocycles. The third kappa shape index (κ3) is 1.31. The van der Waals surface area contributed by atoms with Crippen LogP contribution >= 0.6 is 0 Å². The number of nitrogens with zero attached hydrogens (tertiary/aromatic N) is 1. The normalized spacial score (nSPS) is 21.2. The molecular weight excluding hydrogens is 172 g/mol. The summed E-state index contributed by atoms with van der Waals surface area (Å²) in [6.07, 6.45) is 0.405. The van der Waals surface area contributed by atoms with Gasteiger partial charge in [-0.1, -0.05) is 5.16 Å². The van der Waals surface area contributed by atoms with Crippen molar-refractivity contribution < 1.29 is 14.4 Å². The van der Waals surface area contributed by atoms with Gasteiger partial charge in [-0.15, -0.1) is 0 Å². The highest BCUT2D eigenvalue weighted by molar-refractivity contribution is 5.74. The molecule has 0 radical (unpaired) electrons. The van der Waals surface area contributed by atoms with E-state index in [1.807, 2.05) is 6.92 Å². The highest BCUT2D eigenvalue weighted by Crippen LogP contribution is 2.18. The molecule has 0 aliphatic carbocycles. The summed E-state index contributed by atoms with van der Waals surface area (Å²) in [6.45, 7) is 2.36. The van der Waals surface area contributed by atoms with Gasteiger partial charge in [0, 0.05) is 18.5 Å². The van der Waals surface area contributed by atoms with E-state index in [1.165, 1.54) is 0 Å². The van der Waals surface area contributed by atoms with Gasteiger partial charge in [0.2, 0.25) is 0 Å². The first-order valence-electron chi connectivity index (χ1n) is 4.08. The number of rotatable bonds is 1. The SMILES string of the molecule is Cc1onc2c1CNC(C(=O)O)C2. The Morgan fingerprint density at radius 1 is 1.77 bits per heavy atom. The van der Waals surface area contributed by atoms with Crippen LogP contribution in [0, 0.1) is 6.92 Å². The third-order valence-corrected chi connectivity index (χ3v) is 2.29. The minimum absolute atomic E-state index is 0.405. The van der Waals surface area contributed by atoms with Crippen LogP contribution in [0.5, 0.6) is 0 Å².